The fourth-order valence-electron chi connectivity index (χ4n) is 2.02. The molecule has 0 aliphatic heterocycles. The zero-order valence-electron chi connectivity index (χ0n) is 10.8. The van der Waals surface area contributed by atoms with E-state index >= 15 is 0 Å². The van der Waals surface area contributed by atoms with Crippen molar-refractivity contribution in [3.8, 4) is 6.07 Å². The van der Waals surface area contributed by atoms with Crippen LogP contribution in [0.15, 0.2) is 48.8 Å². The van der Waals surface area contributed by atoms with Gasteiger partial charge in [0.05, 0.1) is 11.3 Å². The zero-order chi connectivity index (χ0) is 13.7. The molecule has 2 rings (SSSR count). The third kappa shape index (κ3) is 2.63. The van der Waals surface area contributed by atoms with Gasteiger partial charge >= 0.3 is 0 Å². The molecule has 19 heavy (non-hydrogen) atoms. The Kier molecular flexibility index (Phi) is 3.94. The molecule has 0 fully saturated rings. The van der Waals surface area contributed by atoms with Gasteiger partial charge in [0.15, 0.2) is 0 Å². The Labute approximate surface area is 113 Å². The molecule has 0 saturated heterocycles. The van der Waals surface area contributed by atoms with Gasteiger partial charge in [-0.05, 0) is 29.7 Å². The Morgan fingerprint density at radius 2 is 1.89 bits per heavy atom. The van der Waals surface area contributed by atoms with Crippen molar-refractivity contribution < 1.29 is 0 Å². The van der Waals surface area contributed by atoms with Crippen molar-refractivity contribution in [3.05, 3.63) is 65.5 Å². The number of nitrogens with zero attached hydrogens (tertiary/aromatic N) is 2. The van der Waals surface area contributed by atoms with Crippen LogP contribution in [0.5, 0.6) is 0 Å². The van der Waals surface area contributed by atoms with E-state index in [1.54, 1.807) is 24.5 Å². The lowest BCUT2D eigenvalue weighted by Crippen LogP contribution is -2.03. The van der Waals surface area contributed by atoms with Gasteiger partial charge in [0.1, 0.15) is 6.07 Å². The van der Waals surface area contributed by atoms with Gasteiger partial charge in [-0.15, -0.1) is 0 Å². The first-order valence-corrected chi connectivity index (χ1v) is 6.16. The second-order valence-electron chi connectivity index (χ2n) is 4.15. The standard InChI is InChI=1S/C16H15N3/c1-2-12-5-3-4-6-14(12)16(18)15(11-17)13-7-9-19-10-8-13/h3-10H,2,18H2,1H3/b16-15+. The third-order valence-electron chi connectivity index (χ3n) is 3.04. The van der Waals surface area contributed by atoms with Gasteiger partial charge in [-0.3, -0.25) is 4.98 Å². The number of allylic oxidation sites excluding steroid dienone is 1. The second-order valence-corrected chi connectivity index (χ2v) is 4.15. The van der Waals surface area contributed by atoms with Crippen LogP contribution >= 0.6 is 0 Å². The Bertz CT molecular complexity index is 637. The number of hydrogen-bond acceptors (Lipinski definition) is 3. The number of pyridine rings is 1. The van der Waals surface area contributed by atoms with E-state index in [1.165, 1.54) is 0 Å². The number of hydrogen-bond donors (Lipinski definition) is 1. The lowest BCUT2D eigenvalue weighted by Gasteiger charge is -2.10. The smallest absolute Gasteiger partial charge is 0.102 e. The van der Waals surface area contributed by atoms with Crippen LogP contribution in [0.3, 0.4) is 0 Å². The van der Waals surface area contributed by atoms with E-state index in [2.05, 4.69) is 18.0 Å². The Hall–Kier alpha value is -2.60. The molecule has 94 valence electrons. The maximum absolute atomic E-state index is 9.37. The monoisotopic (exact) mass is 249 g/mol. The van der Waals surface area contributed by atoms with Crippen LogP contribution in [0.4, 0.5) is 0 Å². The third-order valence-corrected chi connectivity index (χ3v) is 3.04. The van der Waals surface area contributed by atoms with E-state index in [9.17, 15) is 5.26 Å². The van der Waals surface area contributed by atoms with E-state index in [0.29, 0.717) is 11.3 Å². The SMILES string of the molecule is CCc1ccccc1/C(N)=C(/C#N)c1ccncc1. The maximum atomic E-state index is 9.37. The molecule has 0 unspecified atom stereocenters. The van der Waals surface area contributed by atoms with Crippen LogP contribution in [0.2, 0.25) is 0 Å². The molecule has 2 aromatic rings. The molecule has 0 saturated carbocycles. The van der Waals surface area contributed by atoms with Crippen LogP contribution in [0.1, 0.15) is 23.6 Å². The highest BCUT2D eigenvalue weighted by Gasteiger charge is 2.10. The summed E-state index contributed by atoms with van der Waals surface area (Å²) >= 11 is 0. The molecule has 1 aromatic carbocycles. The summed E-state index contributed by atoms with van der Waals surface area (Å²) < 4.78 is 0. The predicted molar refractivity (Wildman–Crippen MR) is 76.7 cm³/mol. The van der Waals surface area contributed by atoms with E-state index in [0.717, 1.165) is 23.1 Å². The molecule has 0 atom stereocenters. The topological polar surface area (TPSA) is 62.7 Å². The van der Waals surface area contributed by atoms with Crippen molar-refractivity contribution in [1.82, 2.24) is 4.98 Å². The summed E-state index contributed by atoms with van der Waals surface area (Å²) in [5.41, 5.74) is 10.1. The second kappa shape index (κ2) is 5.83. The highest BCUT2D eigenvalue weighted by atomic mass is 14.6. The van der Waals surface area contributed by atoms with Crippen molar-refractivity contribution in [3.63, 3.8) is 0 Å². The number of nitriles is 1. The number of rotatable bonds is 3. The first kappa shape index (κ1) is 12.8. The number of aryl methyl sites for hydroxylation is 1. The van der Waals surface area contributed by atoms with Crippen LogP contribution in [0.25, 0.3) is 11.3 Å². The van der Waals surface area contributed by atoms with Crippen molar-refractivity contribution in [1.29, 1.82) is 5.26 Å². The maximum Gasteiger partial charge on any atom is 0.102 e. The van der Waals surface area contributed by atoms with Crippen LogP contribution in [-0.2, 0) is 6.42 Å². The summed E-state index contributed by atoms with van der Waals surface area (Å²) in [4.78, 5) is 3.96. The average molecular weight is 249 g/mol. The molecule has 2 N–H and O–H groups in total. The van der Waals surface area contributed by atoms with Gasteiger partial charge in [0, 0.05) is 18.0 Å². The Morgan fingerprint density at radius 3 is 2.53 bits per heavy atom. The van der Waals surface area contributed by atoms with Crippen molar-refractivity contribution in [2.45, 2.75) is 13.3 Å². The number of aromatic nitrogens is 1. The lowest BCUT2D eigenvalue weighted by atomic mass is 9.97. The van der Waals surface area contributed by atoms with E-state index < -0.39 is 0 Å². The molecule has 3 nitrogen and oxygen atoms in total. The molecule has 0 amide bonds. The first-order valence-electron chi connectivity index (χ1n) is 6.16. The van der Waals surface area contributed by atoms with Gasteiger partial charge in [-0.2, -0.15) is 5.26 Å². The minimum Gasteiger partial charge on any atom is -0.397 e. The Balaban J connectivity index is 2.59. The minimum atomic E-state index is 0.489. The van der Waals surface area contributed by atoms with Crippen molar-refractivity contribution in [2.24, 2.45) is 5.73 Å². The molecule has 0 bridgehead atoms. The summed E-state index contributed by atoms with van der Waals surface area (Å²) in [6, 6.07) is 13.7. The molecule has 1 aromatic heterocycles. The molecule has 0 spiro atoms. The van der Waals surface area contributed by atoms with Crippen molar-refractivity contribution >= 4 is 11.3 Å². The summed E-state index contributed by atoms with van der Waals surface area (Å²) in [6.45, 7) is 2.07. The van der Waals surface area contributed by atoms with Crippen LogP contribution in [-0.4, -0.2) is 4.98 Å². The zero-order valence-corrected chi connectivity index (χ0v) is 10.8. The van der Waals surface area contributed by atoms with Gasteiger partial charge in [-0.1, -0.05) is 31.2 Å². The summed E-state index contributed by atoms with van der Waals surface area (Å²) in [6.07, 6.45) is 4.20. The van der Waals surface area contributed by atoms with Crippen molar-refractivity contribution in [2.75, 3.05) is 0 Å². The molecule has 0 radical (unpaired) electrons. The number of benzene rings is 1. The van der Waals surface area contributed by atoms with Gasteiger partial charge in [0.2, 0.25) is 0 Å². The summed E-state index contributed by atoms with van der Waals surface area (Å²) in [5.74, 6) is 0. The summed E-state index contributed by atoms with van der Waals surface area (Å²) in [5, 5.41) is 9.37. The number of nitrogens with two attached hydrogens (primary N) is 1. The van der Waals surface area contributed by atoms with Crippen LogP contribution < -0.4 is 5.73 Å². The molecule has 1 heterocycles. The lowest BCUT2D eigenvalue weighted by molar-refractivity contribution is 1.13. The van der Waals surface area contributed by atoms with E-state index in [-0.39, 0.29) is 0 Å². The van der Waals surface area contributed by atoms with Gasteiger partial charge in [0.25, 0.3) is 0 Å². The van der Waals surface area contributed by atoms with Gasteiger partial charge < -0.3 is 5.73 Å². The fraction of sp³-hybridized carbons (Fsp3) is 0.125. The molecule has 3 heteroatoms. The average Bonchev–Trinajstić information content (AvgIpc) is 2.49. The highest BCUT2D eigenvalue weighted by molar-refractivity contribution is 5.96. The molecular formula is C16H15N3. The quantitative estimate of drug-likeness (QED) is 0.850. The molecular weight excluding hydrogens is 234 g/mol. The molecule has 0 aliphatic carbocycles. The summed E-state index contributed by atoms with van der Waals surface area (Å²) in [7, 11) is 0. The Morgan fingerprint density at radius 1 is 1.21 bits per heavy atom. The first-order chi connectivity index (χ1) is 9.27. The van der Waals surface area contributed by atoms with Crippen LogP contribution in [0, 0.1) is 11.3 Å². The largest absolute Gasteiger partial charge is 0.397 e. The fourth-order valence-corrected chi connectivity index (χ4v) is 2.02. The van der Waals surface area contributed by atoms with Gasteiger partial charge in [-0.25, -0.2) is 0 Å². The highest BCUT2D eigenvalue weighted by Crippen LogP contribution is 2.24. The molecule has 0 aliphatic rings. The minimum absolute atomic E-state index is 0.489. The van der Waals surface area contributed by atoms with E-state index in [4.69, 9.17) is 5.73 Å². The normalized spacial score (nSPS) is 11.6. The van der Waals surface area contributed by atoms with E-state index in [1.807, 2.05) is 24.3 Å². The predicted octanol–water partition coefficient (Wildman–Crippen LogP) is 2.99.